The molecule has 0 spiro atoms. The van der Waals surface area contributed by atoms with Gasteiger partial charge in [0.2, 0.25) is 0 Å². The van der Waals surface area contributed by atoms with Gasteiger partial charge in [-0.15, -0.1) is 0 Å². The Labute approximate surface area is 130 Å². The SMILES string of the molecule is CCN(CC)C(=O)Oc1ccc(C(=O)c2ccccc2)cc1. The van der Waals surface area contributed by atoms with Gasteiger partial charge in [0.15, 0.2) is 5.78 Å². The number of ether oxygens (including phenoxy) is 1. The Bertz CT molecular complexity index is 631. The molecule has 0 radical (unpaired) electrons. The van der Waals surface area contributed by atoms with E-state index in [1.54, 1.807) is 41.3 Å². The van der Waals surface area contributed by atoms with E-state index in [1.165, 1.54) is 0 Å². The standard InChI is InChI=1S/C18H19NO3/c1-3-19(4-2)18(21)22-16-12-10-15(11-13-16)17(20)14-8-6-5-7-9-14/h5-13H,3-4H2,1-2H3. The normalized spacial score (nSPS) is 10.1. The lowest BCUT2D eigenvalue weighted by atomic mass is 10.0. The summed E-state index contributed by atoms with van der Waals surface area (Å²) in [7, 11) is 0. The van der Waals surface area contributed by atoms with E-state index >= 15 is 0 Å². The zero-order chi connectivity index (χ0) is 15.9. The summed E-state index contributed by atoms with van der Waals surface area (Å²) in [5.74, 6) is 0.378. The van der Waals surface area contributed by atoms with Gasteiger partial charge in [0.05, 0.1) is 0 Å². The second-order valence-corrected chi connectivity index (χ2v) is 4.76. The van der Waals surface area contributed by atoms with E-state index in [0.717, 1.165) is 0 Å². The molecule has 114 valence electrons. The Morgan fingerprint density at radius 3 is 1.95 bits per heavy atom. The van der Waals surface area contributed by atoms with Gasteiger partial charge in [-0.3, -0.25) is 4.79 Å². The Balaban J connectivity index is 2.08. The fourth-order valence-corrected chi connectivity index (χ4v) is 2.08. The number of carbonyl (C=O) groups is 2. The van der Waals surface area contributed by atoms with Crippen molar-refractivity contribution in [2.24, 2.45) is 0 Å². The number of hydrogen-bond acceptors (Lipinski definition) is 3. The first-order chi connectivity index (χ1) is 10.7. The lowest BCUT2D eigenvalue weighted by molar-refractivity contribution is 0.103. The minimum atomic E-state index is -0.382. The summed E-state index contributed by atoms with van der Waals surface area (Å²) in [4.78, 5) is 25.7. The zero-order valence-corrected chi connectivity index (χ0v) is 12.8. The molecule has 0 saturated heterocycles. The quantitative estimate of drug-likeness (QED) is 0.789. The van der Waals surface area contributed by atoms with E-state index < -0.39 is 0 Å². The third-order valence-corrected chi connectivity index (χ3v) is 3.38. The van der Waals surface area contributed by atoms with E-state index in [2.05, 4.69) is 0 Å². The Morgan fingerprint density at radius 2 is 1.41 bits per heavy atom. The average molecular weight is 297 g/mol. The molecule has 0 aliphatic rings. The van der Waals surface area contributed by atoms with Crippen LogP contribution in [0.2, 0.25) is 0 Å². The van der Waals surface area contributed by atoms with Crippen LogP contribution in [0.1, 0.15) is 29.8 Å². The first-order valence-electron chi connectivity index (χ1n) is 7.32. The number of rotatable bonds is 5. The molecule has 0 aliphatic heterocycles. The number of nitrogens with zero attached hydrogens (tertiary/aromatic N) is 1. The Kier molecular flexibility index (Phi) is 5.31. The molecule has 2 rings (SSSR count). The Morgan fingerprint density at radius 1 is 0.864 bits per heavy atom. The number of amides is 1. The molecule has 0 unspecified atom stereocenters. The molecular weight excluding hydrogens is 278 g/mol. The minimum absolute atomic E-state index is 0.0535. The maximum Gasteiger partial charge on any atom is 0.415 e. The molecule has 2 aromatic carbocycles. The van der Waals surface area contributed by atoms with Crippen molar-refractivity contribution in [3.63, 3.8) is 0 Å². The second-order valence-electron chi connectivity index (χ2n) is 4.76. The van der Waals surface area contributed by atoms with Gasteiger partial charge in [-0.2, -0.15) is 0 Å². The third kappa shape index (κ3) is 3.73. The molecule has 0 atom stereocenters. The molecule has 2 aromatic rings. The van der Waals surface area contributed by atoms with Gasteiger partial charge in [-0.05, 0) is 38.1 Å². The van der Waals surface area contributed by atoms with E-state index in [-0.39, 0.29) is 11.9 Å². The van der Waals surface area contributed by atoms with Crippen molar-refractivity contribution in [1.82, 2.24) is 4.90 Å². The molecule has 0 fully saturated rings. The summed E-state index contributed by atoms with van der Waals surface area (Å²) in [5, 5.41) is 0. The van der Waals surface area contributed by atoms with Crippen LogP contribution in [0.15, 0.2) is 54.6 Å². The van der Waals surface area contributed by atoms with Gasteiger partial charge in [0.25, 0.3) is 0 Å². The van der Waals surface area contributed by atoms with Gasteiger partial charge in [-0.1, -0.05) is 30.3 Å². The predicted molar refractivity (Wildman–Crippen MR) is 85.3 cm³/mol. The Hall–Kier alpha value is -2.62. The number of carbonyl (C=O) groups excluding carboxylic acids is 2. The number of hydrogen-bond donors (Lipinski definition) is 0. The molecule has 0 aromatic heterocycles. The summed E-state index contributed by atoms with van der Waals surface area (Å²) in [6, 6.07) is 15.7. The molecular formula is C18H19NO3. The van der Waals surface area contributed by atoms with E-state index in [0.29, 0.717) is 30.0 Å². The highest BCUT2D eigenvalue weighted by molar-refractivity contribution is 6.09. The van der Waals surface area contributed by atoms with Crippen molar-refractivity contribution in [1.29, 1.82) is 0 Å². The van der Waals surface area contributed by atoms with Crippen LogP contribution >= 0.6 is 0 Å². The van der Waals surface area contributed by atoms with Gasteiger partial charge >= 0.3 is 6.09 Å². The maximum atomic E-state index is 12.3. The first-order valence-corrected chi connectivity index (χ1v) is 7.32. The van der Waals surface area contributed by atoms with Gasteiger partial charge < -0.3 is 9.64 Å². The maximum absolute atomic E-state index is 12.3. The van der Waals surface area contributed by atoms with Crippen LogP contribution in [0, 0.1) is 0 Å². The van der Waals surface area contributed by atoms with Crippen LogP contribution in [-0.2, 0) is 0 Å². The van der Waals surface area contributed by atoms with Crippen LogP contribution in [0.25, 0.3) is 0 Å². The van der Waals surface area contributed by atoms with E-state index in [1.807, 2.05) is 32.0 Å². The van der Waals surface area contributed by atoms with Crippen LogP contribution in [0.4, 0.5) is 4.79 Å². The highest BCUT2D eigenvalue weighted by atomic mass is 16.6. The molecule has 22 heavy (non-hydrogen) atoms. The summed E-state index contributed by atoms with van der Waals surface area (Å²) in [5.41, 5.74) is 1.20. The summed E-state index contributed by atoms with van der Waals surface area (Å²) < 4.78 is 5.27. The lowest BCUT2D eigenvalue weighted by Crippen LogP contribution is -2.33. The fourth-order valence-electron chi connectivity index (χ4n) is 2.08. The molecule has 0 aliphatic carbocycles. The third-order valence-electron chi connectivity index (χ3n) is 3.38. The minimum Gasteiger partial charge on any atom is -0.410 e. The predicted octanol–water partition coefficient (Wildman–Crippen LogP) is 3.76. The molecule has 4 nitrogen and oxygen atoms in total. The van der Waals surface area contributed by atoms with Gasteiger partial charge in [0, 0.05) is 24.2 Å². The van der Waals surface area contributed by atoms with Crippen molar-refractivity contribution in [3.8, 4) is 5.75 Å². The van der Waals surface area contributed by atoms with Gasteiger partial charge in [0.1, 0.15) is 5.75 Å². The largest absolute Gasteiger partial charge is 0.415 e. The topological polar surface area (TPSA) is 46.6 Å². The first kappa shape index (κ1) is 15.8. The fraction of sp³-hybridized carbons (Fsp3) is 0.222. The molecule has 1 amide bonds. The average Bonchev–Trinajstić information content (AvgIpc) is 2.57. The van der Waals surface area contributed by atoms with E-state index in [4.69, 9.17) is 4.74 Å². The molecule has 0 N–H and O–H groups in total. The molecule has 4 heteroatoms. The highest BCUT2D eigenvalue weighted by Gasteiger charge is 2.13. The van der Waals surface area contributed by atoms with Crippen LogP contribution in [0.5, 0.6) is 5.75 Å². The number of benzene rings is 2. The smallest absolute Gasteiger partial charge is 0.410 e. The lowest BCUT2D eigenvalue weighted by Gasteiger charge is -2.17. The summed E-state index contributed by atoms with van der Waals surface area (Å²) in [6.45, 7) is 4.98. The van der Waals surface area contributed by atoms with Crippen molar-refractivity contribution in [2.75, 3.05) is 13.1 Å². The van der Waals surface area contributed by atoms with Crippen molar-refractivity contribution >= 4 is 11.9 Å². The highest BCUT2D eigenvalue weighted by Crippen LogP contribution is 2.16. The van der Waals surface area contributed by atoms with Crippen LogP contribution in [0.3, 0.4) is 0 Å². The molecule has 0 saturated carbocycles. The van der Waals surface area contributed by atoms with Crippen molar-refractivity contribution in [2.45, 2.75) is 13.8 Å². The second kappa shape index (κ2) is 7.41. The molecule has 0 bridgehead atoms. The number of ketones is 1. The monoisotopic (exact) mass is 297 g/mol. The van der Waals surface area contributed by atoms with E-state index in [9.17, 15) is 9.59 Å². The molecule has 0 heterocycles. The van der Waals surface area contributed by atoms with Crippen LogP contribution in [-0.4, -0.2) is 29.9 Å². The van der Waals surface area contributed by atoms with Crippen molar-refractivity contribution in [3.05, 3.63) is 65.7 Å². The summed E-state index contributed by atoms with van der Waals surface area (Å²) in [6.07, 6.45) is -0.382. The summed E-state index contributed by atoms with van der Waals surface area (Å²) >= 11 is 0. The van der Waals surface area contributed by atoms with Crippen LogP contribution < -0.4 is 4.74 Å². The zero-order valence-electron chi connectivity index (χ0n) is 12.8. The van der Waals surface area contributed by atoms with Crippen molar-refractivity contribution < 1.29 is 14.3 Å². The van der Waals surface area contributed by atoms with Gasteiger partial charge in [-0.25, -0.2) is 4.79 Å².